The molecule has 4 heteroatoms. The molecule has 0 saturated heterocycles. The van der Waals surface area contributed by atoms with E-state index in [1.165, 1.54) is 51.8 Å². The van der Waals surface area contributed by atoms with Crippen molar-refractivity contribution in [2.24, 2.45) is 0 Å². The van der Waals surface area contributed by atoms with Crippen LogP contribution in [0.1, 0.15) is 86.5 Å². The normalized spacial score (nSPS) is 14.0. The van der Waals surface area contributed by atoms with Gasteiger partial charge in [-0.05, 0) is 0 Å². The van der Waals surface area contributed by atoms with Gasteiger partial charge in [-0.1, -0.05) is 0 Å². The second-order valence-electron chi connectivity index (χ2n) is 9.86. The van der Waals surface area contributed by atoms with Gasteiger partial charge in [-0.2, -0.15) is 0 Å². The Hall–Kier alpha value is 0.676. The Morgan fingerprint density at radius 1 is 0.926 bits per heavy atom. The van der Waals surface area contributed by atoms with Gasteiger partial charge in [0.25, 0.3) is 0 Å². The third kappa shape index (κ3) is 9.82. The first kappa shape index (κ1) is 27.7. The molecule has 27 heavy (non-hydrogen) atoms. The van der Waals surface area contributed by atoms with E-state index >= 15 is 0 Å². The van der Waals surface area contributed by atoms with Crippen molar-refractivity contribution >= 4 is 26.7 Å². The summed E-state index contributed by atoms with van der Waals surface area (Å²) in [6.45, 7) is 19.7. The van der Waals surface area contributed by atoms with Crippen LogP contribution in [0.2, 0.25) is 31.4 Å². The summed E-state index contributed by atoms with van der Waals surface area (Å²) in [6, 6.07) is 0. The minimum absolute atomic E-state index is 0.207. The fourth-order valence-electron chi connectivity index (χ4n) is 3.73. The van der Waals surface area contributed by atoms with Gasteiger partial charge in [0.2, 0.25) is 0 Å². The Kier molecular flexibility index (Phi) is 14.2. The molecule has 0 aliphatic carbocycles. The van der Waals surface area contributed by atoms with Crippen molar-refractivity contribution in [1.29, 1.82) is 0 Å². The van der Waals surface area contributed by atoms with Crippen LogP contribution in [-0.4, -0.2) is 45.0 Å². The third-order valence-electron chi connectivity index (χ3n) is 6.69. The molecule has 0 spiro atoms. The van der Waals surface area contributed by atoms with E-state index < -0.39 is 26.7 Å². The van der Waals surface area contributed by atoms with Crippen LogP contribution < -0.4 is 0 Å². The Morgan fingerprint density at radius 3 is 1.70 bits per heavy atom. The summed E-state index contributed by atoms with van der Waals surface area (Å²) in [5.74, 6) is 0. The van der Waals surface area contributed by atoms with E-state index in [0.717, 1.165) is 13.0 Å². The van der Waals surface area contributed by atoms with Gasteiger partial charge in [0, 0.05) is 0 Å². The molecule has 0 aromatic carbocycles. The number of rotatable bonds is 15. The van der Waals surface area contributed by atoms with Gasteiger partial charge in [-0.25, -0.2) is 0 Å². The van der Waals surface area contributed by atoms with Crippen LogP contribution in [0.15, 0.2) is 9.67 Å². The Bertz CT molecular complexity index is 391. The standard InChI is InChI=1S/C11H23O2Si.3C4H9.Sn/c1-11(2,3)14(4,5)13-10-8-6-7-9-12;3*1-3-4-2;/h7,12H,8-10H2,1-5H3;3*1,3-4H2,2H3;. The first-order chi connectivity index (χ1) is 12.6. The van der Waals surface area contributed by atoms with Gasteiger partial charge < -0.3 is 0 Å². The zero-order chi connectivity index (χ0) is 21.0. The van der Waals surface area contributed by atoms with E-state index in [1.807, 2.05) is 0 Å². The Labute approximate surface area is 176 Å². The zero-order valence-corrected chi connectivity index (χ0v) is 23.8. The van der Waals surface area contributed by atoms with E-state index in [0.29, 0.717) is 0 Å². The Balaban J connectivity index is 5.43. The predicted molar refractivity (Wildman–Crippen MR) is 128 cm³/mol. The van der Waals surface area contributed by atoms with Crippen LogP contribution in [-0.2, 0) is 4.43 Å². The molecule has 0 rings (SSSR count). The molecule has 0 heterocycles. The molecule has 162 valence electrons. The van der Waals surface area contributed by atoms with Crippen molar-refractivity contribution in [3.8, 4) is 0 Å². The van der Waals surface area contributed by atoms with E-state index in [1.54, 1.807) is 3.59 Å². The summed E-state index contributed by atoms with van der Waals surface area (Å²) in [6.07, 6.45) is 11.3. The Morgan fingerprint density at radius 2 is 1.37 bits per heavy atom. The molecule has 2 nitrogen and oxygen atoms in total. The van der Waals surface area contributed by atoms with Gasteiger partial charge in [-0.15, -0.1) is 0 Å². The average molecular weight is 505 g/mol. The van der Waals surface area contributed by atoms with Crippen LogP contribution in [0, 0.1) is 0 Å². The molecule has 0 radical (unpaired) electrons. The second-order valence-corrected chi connectivity index (χ2v) is 28.1. The number of aliphatic hydroxyl groups is 1. The monoisotopic (exact) mass is 506 g/mol. The predicted octanol–water partition coefficient (Wildman–Crippen LogP) is 7.71. The zero-order valence-electron chi connectivity index (χ0n) is 19.9. The molecule has 0 aromatic rings. The quantitative estimate of drug-likeness (QED) is 0.231. The van der Waals surface area contributed by atoms with E-state index in [4.69, 9.17) is 4.43 Å². The van der Waals surface area contributed by atoms with Crippen molar-refractivity contribution in [3.05, 3.63) is 9.67 Å². The first-order valence-corrected chi connectivity index (χ1v) is 21.9. The summed E-state index contributed by atoms with van der Waals surface area (Å²) in [5.41, 5.74) is 0. The van der Waals surface area contributed by atoms with Gasteiger partial charge in [-0.3, -0.25) is 0 Å². The van der Waals surface area contributed by atoms with Gasteiger partial charge in [0.1, 0.15) is 0 Å². The third-order valence-corrected chi connectivity index (χ3v) is 27.6. The molecule has 0 atom stereocenters. The van der Waals surface area contributed by atoms with Crippen molar-refractivity contribution in [2.45, 2.75) is 118 Å². The van der Waals surface area contributed by atoms with Gasteiger partial charge >= 0.3 is 177 Å². The number of hydrogen-bond acceptors (Lipinski definition) is 2. The fourth-order valence-corrected chi connectivity index (χ4v) is 21.8. The summed E-state index contributed by atoms with van der Waals surface area (Å²) >= 11 is -2.43. The first-order valence-electron chi connectivity index (χ1n) is 11.5. The SMILES string of the molecule is CCC[CH2][Sn]([CH2]CCC)([CH2]CCC)/[C](=C/CO)CCO[Si](C)(C)C(C)(C)C. The van der Waals surface area contributed by atoms with Crippen LogP contribution in [0.4, 0.5) is 0 Å². The summed E-state index contributed by atoms with van der Waals surface area (Å²) in [7, 11) is -1.70. The maximum atomic E-state index is 9.79. The van der Waals surface area contributed by atoms with Crippen molar-refractivity contribution in [2.75, 3.05) is 13.2 Å². The van der Waals surface area contributed by atoms with Crippen molar-refractivity contribution in [1.82, 2.24) is 0 Å². The van der Waals surface area contributed by atoms with Crippen molar-refractivity contribution in [3.63, 3.8) is 0 Å². The molecule has 1 N–H and O–H groups in total. The minimum atomic E-state index is -2.43. The molecular weight excluding hydrogens is 455 g/mol. The van der Waals surface area contributed by atoms with Crippen LogP contribution in [0.25, 0.3) is 0 Å². The molecule has 0 bridgehead atoms. The van der Waals surface area contributed by atoms with Gasteiger partial charge in [0.05, 0.1) is 0 Å². The van der Waals surface area contributed by atoms with E-state index in [9.17, 15) is 5.11 Å². The van der Waals surface area contributed by atoms with Crippen LogP contribution in [0.5, 0.6) is 0 Å². The molecule has 0 fully saturated rings. The maximum absolute atomic E-state index is 9.79. The van der Waals surface area contributed by atoms with Crippen LogP contribution in [0.3, 0.4) is 0 Å². The molecule has 0 aliphatic rings. The molecule has 0 unspecified atom stereocenters. The topological polar surface area (TPSA) is 29.5 Å². The van der Waals surface area contributed by atoms with Crippen LogP contribution >= 0.6 is 0 Å². The summed E-state index contributed by atoms with van der Waals surface area (Å²) < 4.78 is 12.6. The van der Waals surface area contributed by atoms with Crippen molar-refractivity contribution < 1.29 is 9.53 Å². The molecule has 0 aliphatic heterocycles. The molecule has 0 saturated carbocycles. The second kappa shape index (κ2) is 13.8. The fraction of sp³-hybridized carbons (Fsp3) is 0.913. The molecular formula is C23H50O2SiSn. The molecule has 0 amide bonds. The number of hydrogen-bond donors (Lipinski definition) is 1. The number of unbranched alkanes of at least 4 members (excludes halogenated alkanes) is 3. The summed E-state index contributed by atoms with van der Waals surface area (Å²) in [5, 5.41) is 10.1. The van der Waals surface area contributed by atoms with E-state index in [2.05, 4.69) is 60.7 Å². The average Bonchev–Trinajstić information content (AvgIpc) is 2.60. The molecule has 0 aromatic heterocycles. The van der Waals surface area contributed by atoms with Gasteiger partial charge in [0.15, 0.2) is 0 Å². The number of aliphatic hydroxyl groups excluding tert-OH is 1. The summed E-state index contributed by atoms with van der Waals surface area (Å²) in [4.78, 5) is 0. The van der Waals surface area contributed by atoms with E-state index in [-0.39, 0.29) is 11.6 Å².